The summed E-state index contributed by atoms with van der Waals surface area (Å²) in [7, 11) is 0. The van der Waals surface area contributed by atoms with Crippen LogP contribution in [0.2, 0.25) is 0 Å². The molecule has 0 unspecified atom stereocenters. The molecule has 3 rings (SSSR count). The van der Waals surface area contributed by atoms with Crippen LogP contribution in [0.15, 0.2) is 66.7 Å². The van der Waals surface area contributed by atoms with Crippen molar-refractivity contribution in [3.05, 3.63) is 83.4 Å². The Hall–Kier alpha value is -3.14. The molecule has 0 aromatic heterocycles. The number of carbonyl (C=O) groups is 2. The number of esters is 1. The van der Waals surface area contributed by atoms with Crippen molar-refractivity contribution in [1.82, 2.24) is 5.32 Å². The smallest absolute Gasteiger partial charge is 0.338 e. The van der Waals surface area contributed by atoms with Gasteiger partial charge in [-0.1, -0.05) is 42.5 Å². The van der Waals surface area contributed by atoms with E-state index in [-0.39, 0.29) is 11.9 Å². The van der Waals surface area contributed by atoms with Crippen LogP contribution in [0.4, 0.5) is 0 Å². The lowest BCUT2D eigenvalue weighted by Gasteiger charge is -2.07. The number of amides is 1. The number of hydrogen-bond donors (Lipinski definition) is 1. The number of rotatable bonds is 5. The quantitative estimate of drug-likeness (QED) is 0.719. The molecular formula is C21H19NO3. The fourth-order valence-electron chi connectivity index (χ4n) is 2.59. The minimum Gasteiger partial charge on any atom is -0.462 e. The van der Waals surface area contributed by atoms with Crippen molar-refractivity contribution in [1.29, 1.82) is 0 Å². The molecule has 0 fully saturated rings. The Kier molecular flexibility index (Phi) is 5.09. The molecule has 3 aromatic carbocycles. The molecule has 0 spiro atoms. The topological polar surface area (TPSA) is 55.4 Å². The molecule has 4 nitrogen and oxygen atoms in total. The third-order valence-corrected chi connectivity index (χ3v) is 3.93. The predicted molar refractivity (Wildman–Crippen MR) is 97.5 cm³/mol. The summed E-state index contributed by atoms with van der Waals surface area (Å²) in [5.74, 6) is -0.463. The van der Waals surface area contributed by atoms with Gasteiger partial charge in [-0.25, -0.2) is 4.79 Å². The normalized spacial score (nSPS) is 10.4. The van der Waals surface area contributed by atoms with Gasteiger partial charge in [0.15, 0.2) is 0 Å². The molecule has 0 bridgehead atoms. The highest BCUT2D eigenvalue weighted by Crippen LogP contribution is 2.15. The van der Waals surface area contributed by atoms with E-state index < -0.39 is 0 Å². The van der Waals surface area contributed by atoms with Crippen molar-refractivity contribution < 1.29 is 14.3 Å². The molecule has 0 aliphatic rings. The minimum atomic E-state index is -0.339. The molecule has 0 saturated carbocycles. The molecule has 1 N–H and O–H groups in total. The van der Waals surface area contributed by atoms with Crippen molar-refractivity contribution in [2.75, 3.05) is 6.61 Å². The Bertz CT molecular complexity index is 900. The number of hydrogen-bond acceptors (Lipinski definition) is 3. The van der Waals surface area contributed by atoms with E-state index in [9.17, 15) is 9.59 Å². The van der Waals surface area contributed by atoms with E-state index in [0.29, 0.717) is 24.3 Å². The standard InChI is InChI=1S/C21H19NO3/c1-2-25-21(24)17-9-7-15(8-10-17)14-22-20(23)19-12-11-16-5-3-4-6-18(16)13-19/h3-13H,2,14H2,1H3,(H,22,23). The largest absolute Gasteiger partial charge is 0.462 e. The molecule has 0 aliphatic heterocycles. The summed E-state index contributed by atoms with van der Waals surface area (Å²) in [6.45, 7) is 2.52. The first-order valence-electron chi connectivity index (χ1n) is 8.20. The fourth-order valence-corrected chi connectivity index (χ4v) is 2.59. The van der Waals surface area contributed by atoms with Crippen LogP contribution in [-0.2, 0) is 11.3 Å². The molecular weight excluding hydrogens is 314 g/mol. The number of ether oxygens (including phenoxy) is 1. The van der Waals surface area contributed by atoms with Crippen molar-refractivity contribution in [2.24, 2.45) is 0 Å². The van der Waals surface area contributed by atoms with Crippen LogP contribution in [0.5, 0.6) is 0 Å². The van der Waals surface area contributed by atoms with Gasteiger partial charge in [-0.3, -0.25) is 4.79 Å². The van der Waals surface area contributed by atoms with Gasteiger partial charge in [0.05, 0.1) is 12.2 Å². The SMILES string of the molecule is CCOC(=O)c1ccc(CNC(=O)c2ccc3ccccc3c2)cc1. The Morgan fingerprint density at radius 1 is 0.880 bits per heavy atom. The molecule has 3 aromatic rings. The summed E-state index contributed by atoms with van der Waals surface area (Å²) < 4.78 is 4.95. The van der Waals surface area contributed by atoms with Crippen molar-refractivity contribution in [3.8, 4) is 0 Å². The molecule has 0 heterocycles. The zero-order valence-electron chi connectivity index (χ0n) is 14.0. The van der Waals surface area contributed by atoms with Gasteiger partial charge < -0.3 is 10.1 Å². The Morgan fingerprint density at radius 3 is 2.28 bits per heavy atom. The van der Waals surface area contributed by atoms with E-state index in [1.54, 1.807) is 19.1 Å². The molecule has 1 amide bonds. The van der Waals surface area contributed by atoms with Crippen LogP contribution in [0.3, 0.4) is 0 Å². The second kappa shape index (κ2) is 7.62. The average molecular weight is 333 g/mol. The molecule has 0 atom stereocenters. The van der Waals surface area contributed by atoms with Crippen LogP contribution in [0, 0.1) is 0 Å². The van der Waals surface area contributed by atoms with Crippen LogP contribution in [0.1, 0.15) is 33.2 Å². The van der Waals surface area contributed by atoms with E-state index in [2.05, 4.69) is 5.32 Å². The Balaban J connectivity index is 1.64. The first kappa shape index (κ1) is 16.7. The van der Waals surface area contributed by atoms with E-state index >= 15 is 0 Å². The van der Waals surface area contributed by atoms with Gasteiger partial charge in [0.2, 0.25) is 0 Å². The van der Waals surface area contributed by atoms with Gasteiger partial charge in [0, 0.05) is 12.1 Å². The monoisotopic (exact) mass is 333 g/mol. The predicted octanol–water partition coefficient (Wildman–Crippen LogP) is 3.95. The van der Waals surface area contributed by atoms with Crippen molar-refractivity contribution in [3.63, 3.8) is 0 Å². The van der Waals surface area contributed by atoms with Crippen LogP contribution < -0.4 is 5.32 Å². The summed E-state index contributed by atoms with van der Waals surface area (Å²) in [6, 6.07) is 20.6. The second-order valence-electron chi connectivity index (χ2n) is 5.66. The van der Waals surface area contributed by atoms with Crippen LogP contribution in [-0.4, -0.2) is 18.5 Å². The van der Waals surface area contributed by atoms with Gasteiger partial charge in [0.25, 0.3) is 5.91 Å². The minimum absolute atomic E-state index is 0.125. The molecule has 25 heavy (non-hydrogen) atoms. The molecule has 0 radical (unpaired) electrons. The zero-order valence-corrected chi connectivity index (χ0v) is 14.0. The summed E-state index contributed by atoms with van der Waals surface area (Å²) in [6.07, 6.45) is 0. The number of benzene rings is 3. The molecule has 0 saturated heterocycles. The maximum absolute atomic E-state index is 12.3. The highest BCUT2D eigenvalue weighted by Gasteiger charge is 2.08. The van der Waals surface area contributed by atoms with Crippen LogP contribution in [0.25, 0.3) is 10.8 Å². The highest BCUT2D eigenvalue weighted by molar-refractivity contribution is 5.98. The van der Waals surface area contributed by atoms with Crippen molar-refractivity contribution in [2.45, 2.75) is 13.5 Å². The first-order valence-corrected chi connectivity index (χ1v) is 8.20. The van der Waals surface area contributed by atoms with E-state index in [4.69, 9.17) is 4.74 Å². The van der Waals surface area contributed by atoms with Crippen LogP contribution >= 0.6 is 0 Å². The third kappa shape index (κ3) is 4.04. The highest BCUT2D eigenvalue weighted by atomic mass is 16.5. The van der Waals surface area contributed by atoms with Gasteiger partial charge in [-0.2, -0.15) is 0 Å². The van der Waals surface area contributed by atoms with Gasteiger partial charge in [-0.15, -0.1) is 0 Å². The van der Waals surface area contributed by atoms with Crippen molar-refractivity contribution >= 4 is 22.6 Å². The van der Waals surface area contributed by atoms with E-state index in [1.165, 1.54) is 0 Å². The van der Waals surface area contributed by atoms with E-state index in [1.807, 2.05) is 54.6 Å². The molecule has 126 valence electrons. The maximum Gasteiger partial charge on any atom is 0.338 e. The third-order valence-electron chi connectivity index (χ3n) is 3.93. The maximum atomic E-state index is 12.3. The van der Waals surface area contributed by atoms with E-state index in [0.717, 1.165) is 16.3 Å². The molecule has 0 aliphatic carbocycles. The van der Waals surface area contributed by atoms with Gasteiger partial charge >= 0.3 is 5.97 Å². The van der Waals surface area contributed by atoms with Gasteiger partial charge in [-0.05, 0) is 47.5 Å². The summed E-state index contributed by atoms with van der Waals surface area (Å²) in [4.78, 5) is 24.0. The fraction of sp³-hybridized carbons (Fsp3) is 0.143. The number of fused-ring (bicyclic) bond motifs is 1. The number of carbonyl (C=O) groups excluding carboxylic acids is 2. The number of nitrogens with one attached hydrogen (secondary N) is 1. The summed E-state index contributed by atoms with van der Waals surface area (Å²) in [5.41, 5.74) is 2.05. The second-order valence-corrected chi connectivity index (χ2v) is 5.66. The molecule has 4 heteroatoms. The lowest BCUT2D eigenvalue weighted by atomic mass is 10.1. The lowest BCUT2D eigenvalue weighted by molar-refractivity contribution is 0.0526. The van der Waals surface area contributed by atoms with Gasteiger partial charge in [0.1, 0.15) is 0 Å². The Labute approximate surface area is 146 Å². The summed E-state index contributed by atoms with van der Waals surface area (Å²) in [5, 5.41) is 5.04. The lowest BCUT2D eigenvalue weighted by Crippen LogP contribution is -2.22. The zero-order chi connectivity index (χ0) is 17.6. The Morgan fingerprint density at radius 2 is 1.56 bits per heavy atom. The average Bonchev–Trinajstić information content (AvgIpc) is 2.66. The summed E-state index contributed by atoms with van der Waals surface area (Å²) >= 11 is 0. The first-order chi connectivity index (χ1) is 12.2.